The molecule has 0 aliphatic rings. The summed E-state index contributed by atoms with van der Waals surface area (Å²) < 4.78 is 4.58. The first-order valence-corrected chi connectivity index (χ1v) is 4.50. The largest absolute Gasteiger partial charge is 0.464 e. The number of aromatic nitrogens is 2. The van der Waals surface area contributed by atoms with E-state index in [4.69, 9.17) is 0 Å². The third-order valence-electron chi connectivity index (χ3n) is 2.03. The van der Waals surface area contributed by atoms with Gasteiger partial charge in [-0.15, -0.1) is 0 Å². The Labute approximate surface area is 86.9 Å². The third kappa shape index (κ3) is 1.88. The molecule has 0 unspecified atom stereocenters. The summed E-state index contributed by atoms with van der Waals surface area (Å²) in [6.07, 6.45) is 1.47. The van der Waals surface area contributed by atoms with Crippen molar-refractivity contribution < 1.29 is 9.53 Å². The number of ether oxygens (including phenoxy) is 1. The molecule has 0 bridgehead atoms. The van der Waals surface area contributed by atoms with E-state index < -0.39 is 5.97 Å². The highest BCUT2D eigenvalue weighted by Crippen LogP contribution is 2.14. The summed E-state index contributed by atoms with van der Waals surface area (Å²) in [5.41, 5.74) is 1.30. The quantitative estimate of drug-likeness (QED) is 0.756. The van der Waals surface area contributed by atoms with E-state index in [2.05, 4.69) is 14.7 Å². The first-order valence-electron chi connectivity index (χ1n) is 4.50. The summed E-state index contributed by atoms with van der Waals surface area (Å²) >= 11 is 0. The average Bonchev–Trinajstić information content (AvgIpc) is 2.78. The van der Waals surface area contributed by atoms with Crippen LogP contribution in [0.5, 0.6) is 0 Å². The molecular weight excluding hydrogens is 192 g/mol. The van der Waals surface area contributed by atoms with Crippen LogP contribution in [0.25, 0.3) is 11.4 Å². The molecule has 4 nitrogen and oxygen atoms in total. The van der Waals surface area contributed by atoms with Crippen LogP contribution in [0.4, 0.5) is 0 Å². The molecule has 15 heavy (non-hydrogen) atoms. The average molecular weight is 202 g/mol. The maximum Gasteiger partial charge on any atom is 0.356 e. The zero-order valence-electron chi connectivity index (χ0n) is 8.23. The van der Waals surface area contributed by atoms with E-state index in [-0.39, 0.29) is 0 Å². The van der Waals surface area contributed by atoms with Gasteiger partial charge in [0.15, 0.2) is 0 Å². The van der Waals surface area contributed by atoms with Crippen LogP contribution in [-0.2, 0) is 4.74 Å². The minimum atomic E-state index is -0.412. The second-order valence-corrected chi connectivity index (χ2v) is 3.00. The summed E-state index contributed by atoms with van der Waals surface area (Å²) in [6, 6.07) is 9.58. The predicted molar refractivity (Wildman–Crippen MR) is 55.4 cm³/mol. The maximum absolute atomic E-state index is 11.2. The number of esters is 1. The molecule has 2 rings (SSSR count). The van der Waals surface area contributed by atoms with Crippen molar-refractivity contribution in [1.29, 1.82) is 0 Å². The lowest BCUT2D eigenvalue weighted by Crippen LogP contribution is -2.00. The third-order valence-corrected chi connectivity index (χ3v) is 2.03. The highest BCUT2D eigenvalue weighted by Gasteiger charge is 2.09. The van der Waals surface area contributed by atoms with Crippen LogP contribution >= 0.6 is 0 Å². The van der Waals surface area contributed by atoms with Crippen LogP contribution in [0, 0.1) is 0 Å². The first kappa shape index (κ1) is 9.45. The van der Waals surface area contributed by atoms with Crippen molar-refractivity contribution in [3.05, 3.63) is 42.2 Å². The van der Waals surface area contributed by atoms with Gasteiger partial charge in [-0.1, -0.05) is 30.3 Å². The van der Waals surface area contributed by atoms with Crippen LogP contribution in [-0.4, -0.2) is 23.0 Å². The number of H-pyrrole nitrogens is 1. The van der Waals surface area contributed by atoms with E-state index in [0.29, 0.717) is 11.5 Å². The van der Waals surface area contributed by atoms with E-state index in [1.165, 1.54) is 13.3 Å². The zero-order valence-corrected chi connectivity index (χ0v) is 8.23. The van der Waals surface area contributed by atoms with E-state index in [9.17, 15) is 4.79 Å². The van der Waals surface area contributed by atoms with Crippen LogP contribution in [0.1, 0.15) is 10.5 Å². The molecule has 76 valence electrons. The Balaban J connectivity index is 2.32. The Bertz CT molecular complexity index is 462. The van der Waals surface area contributed by atoms with Crippen LogP contribution in [0.15, 0.2) is 36.5 Å². The maximum atomic E-state index is 11.2. The van der Waals surface area contributed by atoms with Crippen molar-refractivity contribution in [3.63, 3.8) is 0 Å². The number of hydrogen-bond donors (Lipinski definition) is 1. The molecule has 0 radical (unpaired) electrons. The minimum Gasteiger partial charge on any atom is -0.464 e. The van der Waals surface area contributed by atoms with Gasteiger partial charge in [-0.3, -0.25) is 0 Å². The second-order valence-electron chi connectivity index (χ2n) is 3.00. The lowest BCUT2D eigenvalue weighted by atomic mass is 10.2. The summed E-state index contributed by atoms with van der Waals surface area (Å²) in [5, 5.41) is 0. The second kappa shape index (κ2) is 3.96. The molecule has 1 heterocycles. The Kier molecular flexibility index (Phi) is 2.49. The van der Waals surface area contributed by atoms with E-state index in [0.717, 1.165) is 5.56 Å². The van der Waals surface area contributed by atoms with Gasteiger partial charge in [-0.2, -0.15) is 0 Å². The molecule has 1 N–H and O–H groups in total. The van der Waals surface area contributed by atoms with E-state index >= 15 is 0 Å². The smallest absolute Gasteiger partial charge is 0.356 e. The Hall–Kier alpha value is -2.10. The Morgan fingerprint density at radius 1 is 1.33 bits per heavy atom. The van der Waals surface area contributed by atoms with Crippen LogP contribution in [0.3, 0.4) is 0 Å². The molecule has 1 aromatic heterocycles. The molecule has 4 heteroatoms. The van der Waals surface area contributed by atoms with Gasteiger partial charge in [0.2, 0.25) is 0 Å². The van der Waals surface area contributed by atoms with E-state index in [1.807, 2.05) is 30.3 Å². The van der Waals surface area contributed by atoms with Crippen molar-refractivity contribution in [1.82, 2.24) is 9.97 Å². The number of nitrogens with zero attached hydrogens (tertiary/aromatic N) is 1. The topological polar surface area (TPSA) is 55.0 Å². The number of hydrogen-bond acceptors (Lipinski definition) is 3. The molecule has 0 spiro atoms. The number of imidazole rings is 1. The molecule has 0 amide bonds. The first-order chi connectivity index (χ1) is 7.31. The van der Waals surface area contributed by atoms with Gasteiger partial charge in [0, 0.05) is 5.56 Å². The Morgan fingerprint density at radius 3 is 2.73 bits per heavy atom. The number of nitrogens with one attached hydrogen (secondary N) is 1. The highest BCUT2D eigenvalue weighted by molar-refractivity contribution is 5.87. The molecule has 2 aromatic rings. The number of benzene rings is 1. The number of rotatable bonds is 2. The summed E-state index contributed by atoms with van der Waals surface area (Å²) in [4.78, 5) is 18.2. The van der Waals surface area contributed by atoms with Gasteiger partial charge in [0.1, 0.15) is 11.5 Å². The number of carbonyl (C=O) groups is 1. The molecule has 0 saturated heterocycles. The SMILES string of the molecule is COC(=O)c1cnc(-c2ccccc2)[nH]1. The van der Waals surface area contributed by atoms with Crippen molar-refractivity contribution >= 4 is 5.97 Å². The lowest BCUT2D eigenvalue weighted by molar-refractivity contribution is 0.0595. The Morgan fingerprint density at radius 2 is 2.07 bits per heavy atom. The van der Waals surface area contributed by atoms with Gasteiger partial charge in [-0.25, -0.2) is 9.78 Å². The van der Waals surface area contributed by atoms with Gasteiger partial charge in [0.05, 0.1) is 13.3 Å². The number of methoxy groups -OCH3 is 1. The monoisotopic (exact) mass is 202 g/mol. The molecular formula is C11H10N2O2. The highest BCUT2D eigenvalue weighted by atomic mass is 16.5. The summed E-state index contributed by atoms with van der Waals surface area (Å²) in [5.74, 6) is 0.251. The van der Waals surface area contributed by atoms with Gasteiger partial charge in [-0.05, 0) is 0 Å². The molecule has 0 aliphatic carbocycles. The zero-order chi connectivity index (χ0) is 10.7. The lowest BCUT2D eigenvalue weighted by Gasteiger charge is -1.95. The number of aromatic amines is 1. The van der Waals surface area contributed by atoms with Crippen molar-refractivity contribution in [2.45, 2.75) is 0 Å². The fraction of sp³-hybridized carbons (Fsp3) is 0.0909. The molecule has 1 aromatic carbocycles. The fourth-order valence-corrected chi connectivity index (χ4v) is 1.28. The van der Waals surface area contributed by atoms with Crippen molar-refractivity contribution in [3.8, 4) is 11.4 Å². The minimum absolute atomic E-state index is 0.358. The van der Waals surface area contributed by atoms with Gasteiger partial charge in [0.25, 0.3) is 0 Å². The fourth-order valence-electron chi connectivity index (χ4n) is 1.28. The van der Waals surface area contributed by atoms with Crippen molar-refractivity contribution in [2.75, 3.05) is 7.11 Å². The van der Waals surface area contributed by atoms with Crippen LogP contribution in [0.2, 0.25) is 0 Å². The van der Waals surface area contributed by atoms with Gasteiger partial charge >= 0.3 is 5.97 Å². The van der Waals surface area contributed by atoms with Gasteiger partial charge < -0.3 is 9.72 Å². The summed E-state index contributed by atoms with van der Waals surface area (Å²) in [6.45, 7) is 0. The predicted octanol–water partition coefficient (Wildman–Crippen LogP) is 1.86. The van der Waals surface area contributed by atoms with Crippen molar-refractivity contribution in [2.24, 2.45) is 0 Å². The van der Waals surface area contributed by atoms with E-state index in [1.54, 1.807) is 0 Å². The number of carbonyl (C=O) groups excluding carboxylic acids is 1. The molecule has 0 saturated carbocycles. The molecule has 0 fully saturated rings. The normalized spacial score (nSPS) is 9.93. The molecule has 0 atom stereocenters. The standard InChI is InChI=1S/C11H10N2O2/c1-15-11(14)9-7-12-10(13-9)8-5-3-2-4-6-8/h2-7H,1H3,(H,12,13). The molecule has 0 aliphatic heterocycles. The van der Waals surface area contributed by atoms with Crippen LogP contribution < -0.4 is 0 Å². The summed E-state index contributed by atoms with van der Waals surface area (Å²) in [7, 11) is 1.34.